The molecule has 4 aromatic rings. The van der Waals surface area contributed by atoms with Crippen LogP contribution in [0.2, 0.25) is 0 Å². The SMILES string of the molecule is CC(N(CCO)C(=S)Nc1ccc(-n2cnnn2)cc1)C(O)(Cn1cncn1)c1ccc(F)cc1F. The van der Waals surface area contributed by atoms with Crippen LogP contribution in [0.1, 0.15) is 12.5 Å². The molecular formula is C22H23F2N9O2S. The lowest BCUT2D eigenvalue weighted by atomic mass is 9.85. The van der Waals surface area contributed by atoms with Crippen LogP contribution in [-0.2, 0) is 12.1 Å². The van der Waals surface area contributed by atoms with Crippen molar-refractivity contribution in [3.05, 3.63) is 78.6 Å². The number of thiocarbonyl (C=S) groups is 1. The van der Waals surface area contributed by atoms with Gasteiger partial charge in [0.2, 0.25) is 0 Å². The number of aliphatic hydroxyl groups is 2. The minimum Gasteiger partial charge on any atom is -0.395 e. The van der Waals surface area contributed by atoms with Crippen molar-refractivity contribution in [1.82, 2.24) is 39.9 Å². The molecule has 14 heteroatoms. The van der Waals surface area contributed by atoms with E-state index in [4.69, 9.17) is 12.2 Å². The average molecular weight is 516 g/mol. The zero-order valence-electron chi connectivity index (χ0n) is 19.1. The van der Waals surface area contributed by atoms with Crippen LogP contribution < -0.4 is 5.32 Å². The molecule has 0 saturated carbocycles. The predicted octanol–water partition coefficient (Wildman–Crippen LogP) is 1.50. The lowest BCUT2D eigenvalue weighted by molar-refractivity contribution is -0.0474. The molecule has 3 N–H and O–H groups in total. The zero-order chi connectivity index (χ0) is 25.7. The van der Waals surface area contributed by atoms with Gasteiger partial charge in [-0.1, -0.05) is 6.07 Å². The van der Waals surface area contributed by atoms with Crippen LogP contribution in [-0.4, -0.2) is 74.4 Å². The van der Waals surface area contributed by atoms with E-state index in [0.717, 1.165) is 11.8 Å². The Morgan fingerprint density at radius 1 is 1.19 bits per heavy atom. The molecule has 0 radical (unpaired) electrons. The minimum atomic E-state index is -1.93. The first-order valence-electron chi connectivity index (χ1n) is 10.8. The Hall–Kier alpha value is -3.88. The Kier molecular flexibility index (Phi) is 7.57. The van der Waals surface area contributed by atoms with Gasteiger partial charge in [0.15, 0.2) is 5.11 Å². The van der Waals surface area contributed by atoms with Crippen molar-refractivity contribution in [2.75, 3.05) is 18.5 Å². The highest BCUT2D eigenvalue weighted by Gasteiger charge is 2.42. The number of nitrogens with zero attached hydrogens (tertiary/aromatic N) is 8. The molecule has 0 fully saturated rings. The Bertz CT molecular complexity index is 1290. The van der Waals surface area contributed by atoms with Gasteiger partial charge < -0.3 is 20.4 Å². The minimum absolute atomic E-state index is 0.0260. The van der Waals surface area contributed by atoms with Crippen LogP contribution in [0.15, 0.2) is 61.4 Å². The maximum absolute atomic E-state index is 14.9. The van der Waals surface area contributed by atoms with E-state index in [0.29, 0.717) is 11.8 Å². The van der Waals surface area contributed by atoms with Crippen LogP contribution in [0.5, 0.6) is 0 Å². The third-order valence-corrected chi connectivity index (χ3v) is 6.10. The quantitative estimate of drug-likeness (QED) is 0.282. The van der Waals surface area contributed by atoms with Crippen molar-refractivity contribution in [2.45, 2.75) is 25.1 Å². The smallest absolute Gasteiger partial charge is 0.173 e. The first-order valence-corrected chi connectivity index (χ1v) is 11.2. The number of hydrogen-bond acceptors (Lipinski definition) is 8. The third kappa shape index (κ3) is 5.35. The number of rotatable bonds is 9. The summed E-state index contributed by atoms with van der Waals surface area (Å²) in [5, 5.41) is 39.9. The highest BCUT2D eigenvalue weighted by Crippen LogP contribution is 2.33. The van der Waals surface area contributed by atoms with E-state index >= 15 is 0 Å². The van der Waals surface area contributed by atoms with Gasteiger partial charge in [-0.2, -0.15) is 5.10 Å². The van der Waals surface area contributed by atoms with E-state index in [9.17, 15) is 19.0 Å². The predicted molar refractivity (Wildman–Crippen MR) is 129 cm³/mol. The van der Waals surface area contributed by atoms with Crippen molar-refractivity contribution in [3.63, 3.8) is 0 Å². The molecule has 0 saturated heterocycles. The number of nitrogens with one attached hydrogen (secondary N) is 1. The third-order valence-electron chi connectivity index (χ3n) is 5.76. The lowest BCUT2D eigenvalue weighted by Crippen LogP contribution is -2.55. The maximum Gasteiger partial charge on any atom is 0.173 e. The molecular weight excluding hydrogens is 492 g/mol. The second kappa shape index (κ2) is 10.8. The van der Waals surface area contributed by atoms with E-state index in [-0.39, 0.29) is 30.4 Å². The summed E-state index contributed by atoms with van der Waals surface area (Å²) in [6.45, 7) is 1.15. The summed E-state index contributed by atoms with van der Waals surface area (Å²) in [6, 6.07) is 9.12. The monoisotopic (exact) mass is 515 g/mol. The fraction of sp³-hybridized carbons (Fsp3) is 0.273. The van der Waals surface area contributed by atoms with Crippen LogP contribution in [0.3, 0.4) is 0 Å². The summed E-state index contributed by atoms with van der Waals surface area (Å²) >= 11 is 5.60. The van der Waals surface area contributed by atoms with Crippen LogP contribution >= 0.6 is 12.2 Å². The maximum atomic E-state index is 14.9. The summed E-state index contributed by atoms with van der Waals surface area (Å²) in [7, 11) is 0. The van der Waals surface area contributed by atoms with Crippen molar-refractivity contribution in [3.8, 4) is 5.69 Å². The number of anilines is 1. The van der Waals surface area contributed by atoms with Gasteiger partial charge in [-0.15, -0.1) is 5.10 Å². The standard InChI is InChI=1S/C22H23F2N9O2S/c1-15(22(35,11-31-13-25-12-27-31)19-7-2-16(23)10-20(19)24)32(8-9-34)21(36)28-17-3-5-18(6-4-17)33-14-26-29-30-33/h2-7,10,12-15,34-35H,8-9,11H2,1H3,(H,28,36). The van der Waals surface area contributed by atoms with Crippen molar-refractivity contribution in [2.24, 2.45) is 0 Å². The Balaban J connectivity index is 1.62. The second-order valence-electron chi connectivity index (χ2n) is 7.97. The molecule has 0 spiro atoms. The summed E-state index contributed by atoms with van der Waals surface area (Å²) in [6.07, 6.45) is 4.11. The van der Waals surface area contributed by atoms with Gasteiger partial charge in [-0.3, -0.25) is 0 Å². The van der Waals surface area contributed by atoms with E-state index in [1.54, 1.807) is 31.2 Å². The fourth-order valence-electron chi connectivity index (χ4n) is 3.85. The normalized spacial score (nSPS) is 13.7. The van der Waals surface area contributed by atoms with Crippen molar-refractivity contribution < 1.29 is 19.0 Å². The number of aromatic nitrogens is 7. The molecule has 2 aromatic heterocycles. The number of halogens is 2. The summed E-state index contributed by atoms with van der Waals surface area (Å²) in [5.41, 5.74) is -0.731. The Morgan fingerprint density at radius 3 is 2.58 bits per heavy atom. The fourth-order valence-corrected chi connectivity index (χ4v) is 4.22. The molecule has 0 aliphatic heterocycles. The van der Waals surface area contributed by atoms with Crippen molar-refractivity contribution >= 4 is 23.0 Å². The van der Waals surface area contributed by atoms with Gasteiger partial charge in [0.05, 0.1) is 24.9 Å². The summed E-state index contributed by atoms with van der Waals surface area (Å²) in [4.78, 5) is 5.41. The van der Waals surface area contributed by atoms with Gasteiger partial charge in [-0.05, 0) is 59.9 Å². The van der Waals surface area contributed by atoms with Gasteiger partial charge in [-0.25, -0.2) is 23.1 Å². The number of benzene rings is 2. The molecule has 2 heterocycles. The van der Waals surface area contributed by atoms with Gasteiger partial charge in [0.25, 0.3) is 0 Å². The Labute approximate surface area is 210 Å². The molecule has 36 heavy (non-hydrogen) atoms. The molecule has 0 bridgehead atoms. The highest BCUT2D eigenvalue weighted by atomic mass is 32.1. The molecule has 0 aliphatic carbocycles. The van der Waals surface area contributed by atoms with Crippen LogP contribution in [0.4, 0.5) is 14.5 Å². The number of hydrogen-bond donors (Lipinski definition) is 3. The average Bonchev–Trinajstić information content (AvgIpc) is 3.57. The molecule has 2 aromatic carbocycles. The molecule has 0 aliphatic rings. The van der Waals surface area contributed by atoms with Crippen molar-refractivity contribution in [1.29, 1.82) is 0 Å². The van der Waals surface area contributed by atoms with E-state index < -0.39 is 23.3 Å². The van der Waals surface area contributed by atoms with Gasteiger partial charge in [0.1, 0.15) is 36.2 Å². The summed E-state index contributed by atoms with van der Waals surface area (Å²) < 4.78 is 31.4. The van der Waals surface area contributed by atoms with Gasteiger partial charge >= 0.3 is 0 Å². The molecule has 4 rings (SSSR count). The Morgan fingerprint density at radius 2 is 1.97 bits per heavy atom. The number of aliphatic hydroxyl groups excluding tert-OH is 1. The summed E-state index contributed by atoms with van der Waals surface area (Å²) in [5.74, 6) is -1.70. The first-order chi connectivity index (χ1) is 17.3. The highest BCUT2D eigenvalue weighted by molar-refractivity contribution is 7.80. The molecule has 2 atom stereocenters. The molecule has 188 valence electrons. The van der Waals surface area contributed by atoms with Crippen LogP contribution in [0.25, 0.3) is 5.69 Å². The van der Waals surface area contributed by atoms with Crippen LogP contribution in [0, 0.1) is 11.6 Å². The lowest BCUT2D eigenvalue weighted by Gasteiger charge is -2.42. The number of tetrazole rings is 1. The molecule has 0 amide bonds. The topological polar surface area (TPSA) is 130 Å². The van der Waals surface area contributed by atoms with E-state index in [1.807, 2.05) is 0 Å². The first kappa shape index (κ1) is 25.2. The van der Waals surface area contributed by atoms with E-state index in [2.05, 4.69) is 30.9 Å². The van der Waals surface area contributed by atoms with E-state index in [1.165, 1.54) is 39.3 Å². The zero-order valence-corrected chi connectivity index (χ0v) is 19.9. The molecule has 11 nitrogen and oxygen atoms in total. The molecule has 2 unspecified atom stereocenters. The second-order valence-corrected chi connectivity index (χ2v) is 8.35. The van der Waals surface area contributed by atoms with Gasteiger partial charge in [0, 0.05) is 23.9 Å². The largest absolute Gasteiger partial charge is 0.395 e.